The molecule has 2 aromatic rings. The summed E-state index contributed by atoms with van der Waals surface area (Å²) >= 11 is -4.78. The molecule has 231 valence electrons. The molecule has 2 aliphatic carbocycles. The van der Waals surface area contributed by atoms with Gasteiger partial charge >= 0.3 is 270 Å². The molecule has 0 nitrogen and oxygen atoms in total. The van der Waals surface area contributed by atoms with Gasteiger partial charge in [-0.05, 0) is 0 Å². The Morgan fingerprint density at radius 1 is 0.524 bits per heavy atom. The molecule has 0 aliphatic heterocycles. The van der Waals surface area contributed by atoms with Crippen LogP contribution in [0, 0.1) is 11.8 Å². The van der Waals surface area contributed by atoms with E-state index in [1.54, 1.807) is 0 Å². The zero-order chi connectivity index (χ0) is 31.7. The Kier molecular flexibility index (Phi) is 9.91. The molecule has 42 heavy (non-hydrogen) atoms. The summed E-state index contributed by atoms with van der Waals surface area (Å²) < 4.78 is 0.307. The van der Waals surface area contributed by atoms with Crippen LogP contribution in [0.3, 0.4) is 0 Å². The van der Waals surface area contributed by atoms with Crippen LogP contribution in [0.1, 0.15) is 159 Å². The molecule has 0 heterocycles. The van der Waals surface area contributed by atoms with Gasteiger partial charge in [0, 0.05) is 0 Å². The van der Waals surface area contributed by atoms with Crippen molar-refractivity contribution >= 4 is 35.1 Å². The van der Waals surface area contributed by atoms with Crippen LogP contribution in [0.5, 0.6) is 0 Å². The van der Waals surface area contributed by atoms with Crippen molar-refractivity contribution in [3.05, 3.63) is 79.9 Å². The average molecular weight is 704 g/mol. The number of hydrogen-bond acceptors (Lipinski definition) is 0. The maximum atomic E-state index is 8.70. The van der Waals surface area contributed by atoms with E-state index in [-0.39, 0.29) is 7.25 Å². The Balaban J connectivity index is 2.12. The summed E-state index contributed by atoms with van der Waals surface area (Å²) in [4.78, 5) is 0. The van der Waals surface area contributed by atoms with Gasteiger partial charge in [-0.1, -0.05) is 0 Å². The van der Waals surface area contributed by atoms with Crippen molar-refractivity contribution in [3.63, 3.8) is 0 Å². The molecular weight excluding hydrogens is 647 g/mol. The van der Waals surface area contributed by atoms with Crippen molar-refractivity contribution in [2.24, 2.45) is 11.8 Å². The van der Waals surface area contributed by atoms with Crippen LogP contribution in [0.4, 0.5) is 0 Å². The Morgan fingerprint density at radius 3 is 1.10 bits per heavy atom. The second kappa shape index (κ2) is 12.1. The zero-order valence-corrected chi connectivity index (χ0v) is 34.0. The molecule has 2 atom stereocenters. The molecule has 2 aliphatic rings. The molecule has 0 amide bonds. The summed E-state index contributed by atoms with van der Waals surface area (Å²) in [5.74, 6) is 1.07. The second-order valence-electron chi connectivity index (χ2n) is 15.6. The van der Waals surface area contributed by atoms with Gasteiger partial charge in [0.05, 0.1) is 0 Å². The number of rotatable bonds is 9. The molecular formula is C38H57Cl2SiZr. The summed E-state index contributed by atoms with van der Waals surface area (Å²) in [6, 6.07) is 9.72. The first-order valence-electron chi connectivity index (χ1n) is 16.7. The van der Waals surface area contributed by atoms with Gasteiger partial charge in [0.1, 0.15) is 0 Å². The van der Waals surface area contributed by atoms with Crippen LogP contribution in [0.25, 0.3) is 12.2 Å². The van der Waals surface area contributed by atoms with Gasteiger partial charge in [0.2, 0.25) is 0 Å². The number of allylic oxidation sites excluding steroid dienone is 2. The minimum atomic E-state index is -4.78. The van der Waals surface area contributed by atoms with E-state index in [1.807, 2.05) is 0 Å². The summed E-state index contributed by atoms with van der Waals surface area (Å²) in [6.07, 6.45) is 5.10. The van der Waals surface area contributed by atoms with Crippen LogP contribution in [-0.2, 0) is 15.6 Å². The number of fused-ring (bicyclic) bond motifs is 2. The fourth-order valence-electron chi connectivity index (χ4n) is 8.38. The predicted molar refractivity (Wildman–Crippen MR) is 191 cm³/mol. The Labute approximate surface area is 267 Å². The number of halogens is 2. The second-order valence-corrected chi connectivity index (χ2v) is 58.1. The topological polar surface area (TPSA) is 0 Å². The maximum absolute atomic E-state index is 8.70. The molecule has 4 rings (SSSR count). The van der Waals surface area contributed by atoms with Crippen molar-refractivity contribution in [1.82, 2.24) is 0 Å². The molecule has 0 bridgehead atoms. The van der Waals surface area contributed by atoms with E-state index >= 15 is 0 Å². The molecule has 0 saturated carbocycles. The molecule has 0 radical (unpaired) electrons. The quantitative estimate of drug-likeness (QED) is 0.228. The van der Waals surface area contributed by atoms with Gasteiger partial charge in [-0.15, -0.1) is 0 Å². The van der Waals surface area contributed by atoms with Crippen molar-refractivity contribution in [3.8, 4) is 0 Å². The first kappa shape index (κ1) is 34.5. The van der Waals surface area contributed by atoms with E-state index in [0.717, 1.165) is 0 Å². The van der Waals surface area contributed by atoms with E-state index in [1.165, 1.54) is 55.7 Å². The molecule has 0 aromatic heterocycles. The van der Waals surface area contributed by atoms with E-state index in [0.29, 0.717) is 35.5 Å². The van der Waals surface area contributed by atoms with Crippen LogP contribution in [0.2, 0.25) is 13.1 Å². The van der Waals surface area contributed by atoms with Crippen LogP contribution in [-0.4, -0.2) is 5.92 Å². The van der Waals surface area contributed by atoms with Gasteiger partial charge < -0.3 is 0 Å². The van der Waals surface area contributed by atoms with Gasteiger partial charge in [-0.2, -0.15) is 0 Å². The fraction of sp³-hybridized carbons (Fsp3) is 0.579. The van der Waals surface area contributed by atoms with Gasteiger partial charge in [-0.25, -0.2) is 0 Å². The van der Waals surface area contributed by atoms with Gasteiger partial charge in [0.25, 0.3) is 0 Å². The molecule has 4 heteroatoms. The number of benzene rings is 2. The molecule has 0 saturated heterocycles. The Hall–Kier alpha value is -0.400. The first-order chi connectivity index (χ1) is 19.4. The fourth-order valence-corrected chi connectivity index (χ4v) is 39.9. The molecule has 0 N–H and O–H groups in total. The van der Waals surface area contributed by atoms with Gasteiger partial charge in [0.15, 0.2) is 0 Å². The van der Waals surface area contributed by atoms with Gasteiger partial charge in [-0.3, -0.25) is 0 Å². The van der Waals surface area contributed by atoms with Crippen LogP contribution in [0.15, 0.2) is 35.4 Å². The molecule has 2 unspecified atom stereocenters. The third-order valence-corrected chi connectivity index (χ3v) is 62.2. The van der Waals surface area contributed by atoms with Crippen molar-refractivity contribution in [2.45, 2.75) is 127 Å². The molecule has 2 aromatic carbocycles. The SMILES string of the molecule is CC(C)C1=Cc2c(ccc(C(C)C)c2C(C)C)[CH]1[Zr]([Cl])([Cl])([CH]1C(C(C)C)=Cc2c1ccc(C(C)C)c2C(C)C)[SiH](C)C. The van der Waals surface area contributed by atoms with Crippen molar-refractivity contribution < 1.29 is 15.6 Å². The Morgan fingerprint density at radius 2 is 0.857 bits per heavy atom. The predicted octanol–water partition coefficient (Wildman–Crippen LogP) is 13.0. The van der Waals surface area contributed by atoms with E-state index < -0.39 is 21.5 Å². The molecule has 0 spiro atoms. The normalized spacial score (nSPS) is 19.8. The van der Waals surface area contributed by atoms with Crippen LogP contribution < -0.4 is 0 Å². The summed E-state index contributed by atoms with van der Waals surface area (Å²) in [5, 5.41) is 0. The van der Waals surface area contributed by atoms with Crippen molar-refractivity contribution in [1.29, 1.82) is 0 Å². The van der Waals surface area contributed by atoms with E-state index in [9.17, 15) is 0 Å². The number of hydrogen-bond donors (Lipinski definition) is 0. The zero-order valence-electron chi connectivity index (χ0n) is 28.9. The van der Waals surface area contributed by atoms with Crippen LogP contribution >= 0.6 is 17.0 Å². The van der Waals surface area contributed by atoms with Crippen molar-refractivity contribution in [2.75, 3.05) is 0 Å². The minimum absolute atomic E-state index is 0.153. The third kappa shape index (κ3) is 5.29. The third-order valence-electron chi connectivity index (χ3n) is 10.6. The standard InChI is InChI=1S/2C18H25.C2H7Si.2ClH.Zr/c2*1-11(2)15-9-14-7-8-16(12(3)4)18(13(5)6)17(14)10-15;1-3-2;;;/h2*7-13H,1-6H3;3H,1-2H3;2*1H;/q;;;;;+2/p-2. The Bertz CT molecular complexity index is 1320. The first-order valence-corrected chi connectivity index (χ1v) is 33.0. The molecule has 0 fully saturated rings. The van der Waals surface area contributed by atoms with E-state index in [2.05, 4.69) is 133 Å². The monoisotopic (exact) mass is 701 g/mol. The average Bonchev–Trinajstić information content (AvgIpc) is 3.47. The summed E-state index contributed by atoms with van der Waals surface area (Å²) in [6.45, 7) is 33.2. The van der Waals surface area contributed by atoms with E-state index in [4.69, 9.17) is 17.0 Å². The summed E-state index contributed by atoms with van der Waals surface area (Å²) in [5.41, 5.74) is 14.7. The summed E-state index contributed by atoms with van der Waals surface area (Å²) in [7, 11) is 17.4.